The fraction of sp³-hybridized carbons (Fsp3) is 0.857. The Morgan fingerprint density at radius 1 is 1.64 bits per heavy atom. The lowest BCUT2D eigenvalue weighted by atomic mass is 10.2. The summed E-state index contributed by atoms with van der Waals surface area (Å²) in [6, 6.07) is 0. The summed E-state index contributed by atoms with van der Waals surface area (Å²) in [5.74, 6) is 0.164. The van der Waals surface area contributed by atoms with Crippen LogP contribution in [0.15, 0.2) is 0 Å². The predicted octanol–water partition coefficient (Wildman–Crippen LogP) is 0.637. The molecule has 11 heavy (non-hydrogen) atoms. The summed E-state index contributed by atoms with van der Waals surface area (Å²) in [5, 5.41) is 6.02. The van der Waals surface area contributed by atoms with E-state index in [1.807, 2.05) is 6.92 Å². The zero-order chi connectivity index (χ0) is 8.32. The summed E-state index contributed by atoms with van der Waals surface area (Å²) in [4.78, 5) is 11.3. The van der Waals surface area contributed by atoms with Crippen molar-refractivity contribution in [3.05, 3.63) is 0 Å². The van der Waals surface area contributed by atoms with Gasteiger partial charge in [-0.3, -0.25) is 10.1 Å². The minimum Gasteiger partial charge on any atom is -0.355 e. The fourth-order valence-electron chi connectivity index (χ4n) is 1.07. The molecule has 3 nitrogen and oxygen atoms in total. The number of halogens is 1. The standard InChI is InChI=1S/C7H13IN2O/c1-2-9-6(11)7(3-4-7)10-5-8/h10H,2-5H2,1H3,(H,9,11). The molecule has 0 radical (unpaired) electrons. The highest BCUT2D eigenvalue weighted by Crippen LogP contribution is 2.35. The lowest BCUT2D eigenvalue weighted by Gasteiger charge is -2.13. The monoisotopic (exact) mass is 268 g/mol. The maximum Gasteiger partial charge on any atom is 0.240 e. The molecule has 0 unspecified atom stereocenters. The average Bonchev–Trinajstić information content (AvgIpc) is 2.71. The molecule has 2 N–H and O–H groups in total. The van der Waals surface area contributed by atoms with Gasteiger partial charge in [0.2, 0.25) is 5.91 Å². The van der Waals surface area contributed by atoms with Crippen molar-refractivity contribution in [3.63, 3.8) is 0 Å². The summed E-state index contributed by atoms with van der Waals surface area (Å²) in [7, 11) is 0. The summed E-state index contributed by atoms with van der Waals surface area (Å²) in [5.41, 5.74) is -0.197. The number of amides is 1. The molecule has 64 valence electrons. The smallest absolute Gasteiger partial charge is 0.240 e. The van der Waals surface area contributed by atoms with E-state index < -0.39 is 0 Å². The predicted molar refractivity (Wildman–Crippen MR) is 52.7 cm³/mol. The highest BCUT2D eigenvalue weighted by molar-refractivity contribution is 14.1. The van der Waals surface area contributed by atoms with Crippen molar-refractivity contribution in [1.29, 1.82) is 0 Å². The molecule has 0 aromatic carbocycles. The first kappa shape index (κ1) is 9.25. The molecular formula is C7H13IN2O. The summed E-state index contributed by atoms with van der Waals surface area (Å²) < 4.78 is 0.842. The van der Waals surface area contributed by atoms with Gasteiger partial charge in [-0.2, -0.15) is 0 Å². The van der Waals surface area contributed by atoms with Gasteiger partial charge < -0.3 is 5.32 Å². The molecule has 0 spiro atoms. The Kier molecular flexibility index (Phi) is 3.12. The van der Waals surface area contributed by atoms with E-state index in [9.17, 15) is 4.79 Å². The van der Waals surface area contributed by atoms with Gasteiger partial charge in [-0.1, -0.05) is 22.6 Å². The van der Waals surface area contributed by atoms with Crippen molar-refractivity contribution >= 4 is 28.5 Å². The van der Waals surface area contributed by atoms with Crippen molar-refractivity contribution in [1.82, 2.24) is 10.6 Å². The van der Waals surface area contributed by atoms with Crippen LogP contribution < -0.4 is 10.6 Å². The first-order valence-electron chi connectivity index (χ1n) is 3.84. The molecule has 4 heteroatoms. The van der Waals surface area contributed by atoms with Crippen LogP contribution in [-0.2, 0) is 4.79 Å². The minimum atomic E-state index is -0.197. The molecule has 1 amide bonds. The Bertz CT molecular complexity index is 157. The van der Waals surface area contributed by atoms with Gasteiger partial charge in [-0.05, 0) is 19.8 Å². The zero-order valence-electron chi connectivity index (χ0n) is 6.61. The van der Waals surface area contributed by atoms with Gasteiger partial charge >= 0.3 is 0 Å². The fourth-order valence-corrected chi connectivity index (χ4v) is 1.80. The first-order valence-corrected chi connectivity index (χ1v) is 5.37. The Balaban J connectivity index is 2.38. The number of carbonyl (C=O) groups excluding carboxylic acids is 1. The zero-order valence-corrected chi connectivity index (χ0v) is 8.77. The Morgan fingerprint density at radius 2 is 2.27 bits per heavy atom. The third-order valence-corrected chi connectivity index (χ3v) is 2.31. The molecule has 1 fully saturated rings. The van der Waals surface area contributed by atoms with E-state index in [1.165, 1.54) is 0 Å². The molecule has 0 atom stereocenters. The topological polar surface area (TPSA) is 41.1 Å². The van der Waals surface area contributed by atoms with Crippen molar-refractivity contribution in [2.45, 2.75) is 25.3 Å². The average molecular weight is 268 g/mol. The number of likely N-dealkylation sites (N-methyl/N-ethyl adjacent to an activating group) is 1. The Labute approximate surface area is 80.4 Å². The number of alkyl halides is 1. The minimum absolute atomic E-state index is 0.164. The van der Waals surface area contributed by atoms with Crippen molar-refractivity contribution in [2.75, 3.05) is 11.1 Å². The van der Waals surface area contributed by atoms with Crippen LogP contribution in [0.3, 0.4) is 0 Å². The summed E-state index contributed by atoms with van der Waals surface area (Å²) >= 11 is 2.22. The Morgan fingerprint density at radius 3 is 2.64 bits per heavy atom. The van der Waals surface area contributed by atoms with Gasteiger partial charge in [0, 0.05) is 11.1 Å². The lowest BCUT2D eigenvalue weighted by Crippen LogP contribution is -2.45. The van der Waals surface area contributed by atoms with Crippen LogP contribution in [0.5, 0.6) is 0 Å². The molecule has 0 aromatic heterocycles. The first-order chi connectivity index (χ1) is 5.25. The van der Waals surface area contributed by atoms with Crippen LogP contribution >= 0.6 is 22.6 Å². The van der Waals surface area contributed by atoms with Gasteiger partial charge in [-0.25, -0.2) is 0 Å². The lowest BCUT2D eigenvalue weighted by molar-refractivity contribution is -0.123. The number of hydrogen-bond acceptors (Lipinski definition) is 2. The second-order valence-corrected chi connectivity index (χ2v) is 3.51. The van der Waals surface area contributed by atoms with E-state index in [0.29, 0.717) is 0 Å². The number of carbonyl (C=O) groups is 1. The van der Waals surface area contributed by atoms with Gasteiger partial charge in [-0.15, -0.1) is 0 Å². The summed E-state index contributed by atoms with van der Waals surface area (Å²) in [6.07, 6.45) is 1.98. The normalized spacial score (nSPS) is 19.5. The molecule has 0 saturated heterocycles. The van der Waals surface area contributed by atoms with Crippen LogP contribution in [0.4, 0.5) is 0 Å². The third kappa shape index (κ3) is 2.05. The van der Waals surface area contributed by atoms with Crippen LogP contribution in [0.1, 0.15) is 19.8 Å². The molecule has 0 heterocycles. The maximum absolute atomic E-state index is 11.3. The molecule has 1 saturated carbocycles. The number of hydrogen-bond donors (Lipinski definition) is 2. The van der Waals surface area contributed by atoms with E-state index in [0.717, 1.165) is 23.9 Å². The van der Waals surface area contributed by atoms with Crippen molar-refractivity contribution < 1.29 is 4.79 Å². The van der Waals surface area contributed by atoms with Crippen LogP contribution in [0.2, 0.25) is 0 Å². The SMILES string of the molecule is CCNC(=O)C1(NCI)CC1. The molecule has 1 aliphatic rings. The number of nitrogens with one attached hydrogen (secondary N) is 2. The molecule has 1 rings (SSSR count). The van der Waals surface area contributed by atoms with E-state index in [1.54, 1.807) is 0 Å². The molecule has 1 aliphatic carbocycles. The van der Waals surface area contributed by atoms with Gasteiger partial charge in [0.05, 0.1) is 5.54 Å². The quantitative estimate of drug-likeness (QED) is 0.446. The highest BCUT2D eigenvalue weighted by Gasteiger charge is 2.48. The molecule has 0 bridgehead atoms. The molecule has 0 aliphatic heterocycles. The van der Waals surface area contributed by atoms with Gasteiger partial charge in [0.15, 0.2) is 0 Å². The van der Waals surface area contributed by atoms with Gasteiger partial charge in [0.1, 0.15) is 0 Å². The second-order valence-electron chi connectivity index (χ2n) is 2.75. The highest BCUT2D eigenvalue weighted by atomic mass is 127. The molecule has 0 aromatic rings. The molecular weight excluding hydrogens is 255 g/mol. The maximum atomic E-state index is 11.3. The number of rotatable bonds is 4. The van der Waals surface area contributed by atoms with E-state index >= 15 is 0 Å². The van der Waals surface area contributed by atoms with Crippen molar-refractivity contribution in [3.8, 4) is 0 Å². The second kappa shape index (κ2) is 3.71. The van der Waals surface area contributed by atoms with E-state index in [4.69, 9.17) is 0 Å². The van der Waals surface area contributed by atoms with E-state index in [-0.39, 0.29) is 11.4 Å². The largest absolute Gasteiger partial charge is 0.355 e. The summed E-state index contributed by atoms with van der Waals surface area (Å²) in [6.45, 7) is 2.67. The van der Waals surface area contributed by atoms with Crippen LogP contribution in [0.25, 0.3) is 0 Å². The van der Waals surface area contributed by atoms with Gasteiger partial charge in [0.25, 0.3) is 0 Å². The van der Waals surface area contributed by atoms with E-state index in [2.05, 4.69) is 33.2 Å². The van der Waals surface area contributed by atoms with Crippen LogP contribution in [-0.4, -0.2) is 22.5 Å². The van der Waals surface area contributed by atoms with Crippen LogP contribution in [0, 0.1) is 0 Å². The Hall–Kier alpha value is 0.160. The van der Waals surface area contributed by atoms with Crippen molar-refractivity contribution in [2.24, 2.45) is 0 Å². The third-order valence-electron chi connectivity index (χ3n) is 1.93.